The Balaban J connectivity index is 4.37. The average molecular weight is 194 g/mol. The molecule has 0 spiro atoms. The van der Waals surface area contributed by atoms with Crippen molar-refractivity contribution in [2.45, 2.75) is 38.0 Å². The molecule has 1 unspecified atom stereocenters. The molecule has 0 rings (SSSR count). The second-order valence-electron chi connectivity index (χ2n) is 2.29. The lowest BCUT2D eigenvalue weighted by atomic mass is 10.1. The van der Waals surface area contributed by atoms with Crippen molar-refractivity contribution in [3.8, 4) is 0 Å². The summed E-state index contributed by atoms with van der Waals surface area (Å²) in [6, 6.07) is 0. The molecule has 0 saturated heterocycles. The molecular formula is C6H8F6. The highest BCUT2D eigenvalue weighted by Crippen LogP contribution is 2.32. The molecule has 0 amide bonds. The summed E-state index contributed by atoms with van der Waals surface area (Å²) >= 11 is 0. The standard InChI is InChI=1S/C6H8F6/c1-2-3(7)6(11,12)4(8)5(9)10/h3-5H,2H2,1H3/t3?,4-/m0/s1. The van der Waals surface area contributed by atoms with E-state index in [4.69, 9.17) is 0 Å². The fourth-order valence-corrected chi connectivity index (χ4v) is 0.613. The van der Waals surface area contributed by atoms with Crippen LogP contribution >= 0.6 is 0 Å². The first-order valence-electron chi connectivity index (χ1n) is 3.28. The second-order valence-corrected chi connectivity index (χ2v) is 2.29. The van der Waals surface area contributed by atoms with Crippen molar-refractivity contribution in [3.63, 3.8) is 0 Å². The molecule has 0 aliphatic carbocycles. The van der Waals surface area contributed by atoms with Gasteiger partial charge in [0, 0.05) is 0 Å². The Kier molecular flexibility index (Phi) is 3.86. The van der Waals surface area contributed by atoms with Crippen LogP contribution in [0.15, 0.2) is 0 Å². The summed E-state index contributed by atoms with van der Waals surface area (Å²) in [5, 5.41) is 0. The van der Waals surface area contributed by atoms with Crippen molar-refractivity contribution in [2.24, 2.45) is 0 Å². The summed E-state index contributed by atoms with van der Waals surface area (Å²) in [6.07, 6.45) is -11.1. The minimum absolute atomic E-state index is 0.694. The van der Waals surface area contributed by atoms with Crippen molar-refractivity contribution in [1.29, 1.82) is 0 Å². The van der Waals surface area contributed by atoms with Gasteiger partial charge in [0.25, 0.3) is 6.43 Å². The molecule has 0 fully saturated rings. The summed E-state index contributed by atoms with van der Waals surface area (Å²) in [6.45, 7) is 1.02. The molecule has 0 saturated carbocycles. The van der Waals surface area contributed by atoms with Crippen molar-refractivity contribution in [3.05, 3.63) is 0 Å². The number of rotatable bonds is 4. The van der Waals surface area contributed by atoms with E-state index in [1.807, 2.05) is 0 Å². The topological polar surface area (TPSA) is 0 Å². The normalized spacial score (nSPS) is 18.0. The van der Waals surface area contributed by atoms with E-state index in [1.54, 1.807) is 0 Å². The third-order valence-corrected chi connectivity index (χ3v) is 1.36. The number of hydrogen-bond donors (Lipinski definition) is 0. The van der Waals surface area contributed by atoms with Gasteiger partial charge in [-0.3, -0.25) is 0 Å². The molecule has 0 nitrogen and oxygen atoms in total. The molecule has 0 aliphatic rings. The third-order valence-electron chi connectivity index (χ3n) is 1.36. The van der Waals surface area contributed by atoms with Crippen LogP contribution in [0.2, 0.25) is 0 Å². The minimum atomic E-state index is -4.59. The Bertz CT molecular complexity index is 134. The molecule has 0 heterocycles. The molecule has 0 bridgehead atoms. The van der Waals surface area contributed by atoms with Crippen LogP contribution < -0.4 is 0 Å². The van der Waals surface area contributed by atoms with Gasteiger partial charge in [-0.2, -0.15) is 8.78 Å². The smallest absolute Gasteiger partial charge is 0.241 e. The van der Waals surface area contributed by atoms with Gasteiger partial charge in [0.1, 0.15) is 0 Å². The molecule has 74 valence electrons. The van der Waals surface area contributed by atoms with Crippen LogP contribution in [0.3, 0.4) is 0 Å². The van der Waals surface area contributed by atoms with Crippen molar-refractivity contribution >= 4 is 0 Å². The fourth-order valence-electron chi connectivity index (χ4n) is 0.613. The molecule has 6 heteroatoms. The first-order chi connectivity index (χ1) is 5.34. The maximum Gasteiger partial charge on any atom is 0.314 e. The van der Waals surface area contributed by atoms with Crippen molar-refractivity contribution in [1.82, 2.24) is 0 Å². The van der Waals surface area contributed by atoms with E-state index >= 15 is 0 Å². The summed E-state index contributed by atoms with van der Waals surface area (Å²) < 4.78 is 71.5. The van der Waals surface area contributed by atoms with E-state index in [0.717, 1.165) is 6.92 Å². The maximum absolute atomic E-state index is 12.2. The van der Waals surface area contributed by atoms with Crippen LogP contribution in [0.4, 0.5) is 26.3 Å². The van der Waals surface area contributed by atoms with Gasteiger partial charge in [-0.1, -0.05) is 6.92 Å². The van der Waals surface area contributed by atoms with E-state index < -0.39 is 31.1 Å². The molecule has 0 N–H and O–H groups in total. The van der Waals surface area contributed by atoms with Crippen LogP contribution in [-0.2, 0) is 0 Å². The molecule has 2 atom stereocenters. The number of halogens is 6. The fraction of sp³-hybridized carbons (Fsp3) is 1.00. The van der Waals surface area contributed by atoms with E-state index in [2.05, 4.69) is 0 Å². The minimum Gasteiger partial charge on any atom is -0.241 e. The maximum atomic E-state index is 12.2. The predicted molar refractivity (Wildman–Crippen MR) is 31.0 cm³/mol. The van der Waals surface area contributed by atoms with Crippen LogP contribution in [0.5, 0.6) is 0 Å². The third kappa shape index (κ3) is 2.28. The zero-order valence-electron chi connectivity index (χ0n) is 6.21. The SMILES string of the molecule is CCC(F)C(F)(F)[C@@H](F)C(F)F. The second kappa shape index (κ2) is 4.00. The van der Waals surface area contributed by atoms with Gasteiger partial charge >= 0.3 is 5.92 Å². The predicted octanol–water partition coefficient (Wildman–Crippen LogP) is 2.97. The van der Waals surface area contributed by atoms with E-state index in [1.165, 1.54) is 0 Å². The van der Waals surface area contributed by atoms with Crippen LogP contribution in [-0.4, -0.2) is 24.7 Å². The highest BCUT2D eigenvalue weighted by atomic mass is 19.3. The Morgan fingerprint density at radius 1 is 1.08 bits per heavy atom. The highest BCUT2D eigenvalue weighted by molar-refractivity contribution is 4.85. The molecule has 0 aromatic carbocycles. The summed E-state index contributed by atoms with van der Waals surface area (Å²) in [5.41, 5.74) is 0. The van der Waals surface area contributed by atoms with Crippen molar-refractivity contribution < 1.29 is 26.3 Å². The molecule has 0 radical (unpaired) electrons. The van der Waals surface area contributed by atoms with Gasteiger partial charge in [-0.05, 0) is 6.42 Å². The summed E-state index contributed by atoms with van der Waals surface area (Å²) in [4.78, 5) is 0. The zero-order chi connectivity index (χ0) is 9.94. The Labute approximate surface area is 65.6 Å². The van der Waals surface area contributed by atoms with Crippen LogP contribution in [0, 0.1) is 0 Å². The lowest BCUT2D eigenvalue weighted by Gasteiger charge is -2.22. The van der Waals surface area contributed by atoms with Crippen LogP contribution in [0.1, 0.15) is 13.3 Å². The van der Waals surface area contributed by atoms with Gasteiger partial charge in [-0.15, -0.1) is 0 Å². The Hall–Kier alpha value is -0.420. The summed E-state index contributed by atoms with van der Waals surface area (Å²) in [7, 11) is 0. The first kappa shape index (κ1) is 11.6. The Morgan fingerprint density at radius 2 is 1.50 bits per heavy atom. The molecular weight excluding hydrogens is 186 g/mol. The molecule has 0 aromatic heterocycles. The number of hydrogen-bond acceptors (Lipinski definition) is 0. The van der Waals surface area contributed by atoms with Gasteiger partial charge in [0.2, 0.25) is 6.17 Å². The van der Waals surface area contributed by atoms with Gasteiger partial charge in [-0.25, -0.2) is 17.6 Å². The van der Waals surface area contributed by atoms with E-state index in [9.17, 15) is 26.3 Å². The number of alkyl halides is 6. The van der Waals surface area contributed by atoms with Gasteiger partial charge in [0.15, 0.2) is 6.17 Å². The lowest BCUT2D eigenvalue weighted by molar-refractivity contribution is -0.166. The first-order valence-corrected chi connectivity index (χ1v) is 3.28. The van der Waals surface area contributed by atoms with E-state index in [-0.39, 0.29) is 0 Å². The average Bonchev–Trinajstić information content (AvgIpc) is 2.01. The quantitative estimate of drug-likeness (QED) is 0.603. The highest BCUT2D eigenvalue weighted by Gasteiger charge is 2.52. The van der Waals surface area contributed by atoms with Gasteiger partial charge in [0.05, 0.1) is 0 Å². The Morgan fingerprint density at radius 3 is 1.75 bits per heavy atom. The van der Waals surface area contributed by atoms with E-state index in [0.29, 0.717) is 0 Å². The molecule has 12 heavy (non-hydrogen) atoms. The zero-order valence-corrected chi connectivity index (χ0v) is 6.21. The molecule has 0 aromatic rings. The van der Waals surface area contributed by atoms with Crippen molar-refractivity contribution in [2.75, 3.05) is 0 Å². The monoisotopic (exact) mass is 194 g/mol. The largest absolute Gasteiger partial charge is 0.314 e. The molecule has 0 aliphatic heterocycles. The lowest BCUT2D eigenvalue weighted by Crippen LogP contribution is -2.43. The summed E-state index contributed by atoms with van der Waals surface area (Å²) in [5.74, 6) is -4.59. The van der Waals surface area contributed by atoms with Gasteiger partial charge < -0.3 is 0 Å². The van der Waals surface area contributed by atoms with Crippen LogP contribution in [0.25, 0.3) is 0 Å².